The van der Waals surface area contributed by atoms with Crippen LogP contribution in [0, 0.1) is 0 Å². The zero-order chi connectivity index (χ0) is 24.1. The Morgan fingerprint density at radius 2 is 1.21 bits per heavy atom. The Hall–Kier alpha value is -3.71. The average Bonchev–Trinajstić information content (AvgIpc) is 2.84. The van der Waals surface area contributed by atoms with Crippen molar-refractivity contribution >= 4 is 34.3 Å². The van der Waals surface area contributed by atoms with E-state index in [9.17, 15) is 19.8 Å². The summed E-state index contributed by atoms with van der Waals surface area (Å²) in [7, 11) is 0. The molecule has 0 saturated heterocycles. The Labute approximate surface area is 200 Å². The molecule has 2 N–H and O–H groups in total. The van der Waals surface area contributed by atoms with E-state index in [-0.39, 0.29) is 18.6 Å². The van der Waals surface area contributed by atoms with Crippen LogP contribution in [-0.2, 0) is 6.42 Å². The standard InChI is InChI=1S/C27H21ClO6/c28-27(31,32)16-15-18-11-12-21-22(17-18)24(34-26(30)20-9-5-2-6-10-20)14-13-23(21)33-25(29)19-7-3-1-4-8-19/h1-14,17,31-32H,15-16H2. The maximum atomic E-state index is 12.7. The van der Waals surface area contributed by atoms with Crippen molar-refractivity contribution in [1.82, 2.24) is 0 Å². The lowest BCUT2D eigenvalue weighted by atomic mass is 10.0. The first-order chi connectivity index (χ1) is 16.3. The molecule has 0 aromatic heterocycles. The maximum Gasteiger partial charge on any atom is 0.343 e. The average molecular weight is 477 g/mol. The number of esters is 2. The molecule has 0 atom stereocenters. The van der Waals surface area contributed by atoms with Crippen molar-refractivity contribution in [2.45, 2.75) is 18.1 Å². The molecule has 4 aromatic rings. The van der Waals surface area contributed by atoms with E-state index in [1.54, 1.807) is 91.0 Å². The summed E-state index contributed by atoms with van der Waals surface area (Å²) in [4.78, 5) is 25.3. The fraction of sp³-hybridized carbons (Fsp3) is 0.111. The lowest BCUT2D eigenvalue weighted by Crippen LogP contribution is -2.19. The van der Waals surface area contributed by atoms with Gasteiger partial charge in [-0.3, -0.25) is 0 Å². The summed E-state index contributed by atoms with van der Waals surface area (Å²) in [6, 6.07) is 25.5. The fourth-order valence-electron chi connectivity index (χ4n) is 3.44. The highest BCUT2D eigenvalue weighted by Crippen LogP contribution is 2.35. The largest absolute Gasteiger partial charge is 0.422 e. The number of carbonyl (C=O) groups is 2. The smallest absolute Gasteiger partial charge is 0.343 e. The molecule has 0 saturated carbocycles. The van der Waals surface area contributed by atoms with Crippen LogP contribution < -0.4 is 9.47 Å². The van der Waals surface area contributed by atoms with Crippen LogP contribution in [0.15, 0.2) is 91.0 Å². The van der Waals surface area contributed by atoms with Gasteiger partial charge in [0, 0.05) is 17.2 Å². The molecule has 4 rings (SSSR count). The van der Waals surface area contributed by atoms with Crippen molar-refractivity contribution < 1.29 is 29.3 Å². The third kappa shape index (κ3) is 5.80. The third-order valence-electron chi connectivity index (χ3n) is 5.16. The van der Waals surface area contributed by atoms with Crippen LogP contribution >= 0.6 is 11.6 Å². The van der Waals surface area contributed by atoms with Gasteiger partial charge in [0.25, 0.3) is 0 Å². The van der Waals surface area contributed by atoms with E-state index in [1.165, 1.54) is 0 Å². The number of alkyl halides is 1. The number of fused-ring (bicyclic) bond motifs is 1. The Bertz CT molecular complexity index is 1310. The highest BCUT2D eigenvalue weighted by molar-refractivity contribution is 6.21. The molecule has 7 heteroatoms. The molecule has 0 amide bonds. The van der Waals surface area contributed by atoms with E-state index < -0.39 is 17.2 Å². The number of rotatable bonds is 7. The quantitative estimate of drug-likeness (QED) is 0.167. The summed E-state index contributed by atoms with van der Waals surface area (Å²) in [5.41, 5.74) is 1.51. The van der Waals surface area contributed by atoms with Crippen LogP contribution in [0.4, 0.5) is 0 Å². The molecule has 0 bridgehead atoms. The zero-order valence-corrected chi connectivity index (χ0v) is 18.7. The lowest BCUT2D eigenvalue weighted by molar-refractivity contribution is -0.0889. The van der Waals surface area contributed by atoms with Crippen molar-refractivity contribution in [3.05, 3.63) is 108 Å². The first kappa shape index (κ1) is 23.4. The van der Waals surface area contributed by atoms with Gasteiger partial charge in [-0.2, -0.15) is 0 Å². The molecule has 0 spiro atoms. The number of hydrogen-bond donors (Lipinski definition) is 2. The summed E-state index contributed by atoms with van der Waals surface area (Å²) in [5.74, 6) is -0.486. The molecule has 0 radical (unpaired) electrons. The second-order valence-corrected chi connectivity index (χ2v) is 8.28. The number of benzene rings is 4. The number of aryl methyl sites for hydroxylation is 1. The molecule has 34 heavy (non-hydrogen) atoms. The van der Waals surface area contributed by atoms with Crippen molar-refractivity contribution in [2.24, 2.45) is 0 Å². The van der Waals surface area contributed by atoms with Gasteiger partial charge >= 0.3 is 11.9 Å². The van der Waals surface area contributed by atoms with E-state index >= 15 is 0 Å². The van der Waals surface area contributed by atoms with E-state index in [1.807, 2.05) is 0 Å². The van der Waals surface area contributed by atoms with Gasteiger partial charge in [-0.05, 0) is 54.4 Å². The Morgan fingerprint density at radius 3 is 1.71 bits per heavy atom. The van der Waals surface area contributed by atoms with Gasteiger partial charge in [0.1, 0.15) is 11.5 Å². The monoisotopic (exact) mass is 476 g/mol. The van der Waals surface area contributed by atoms with Crippen molar-refractivity contribution in [1.29, 1.82) is 0 Å². The normalized spacial score (nSPS) is 11.3. The van der Waals surface area contributed by atoms with Crippen molar-refractivity contribution in [3.63, 3.8) is 0 Å². The second kappa shape index (κ2) is 10.1. The second-order valence-electron chi connectivity index (χ2n) is 7.67. The third-order valence-corrected chi connectivity index (χ3v) is 5.35. The van der Waals surface area contributed by atoms with Crippen molar-refractivity contribution in [2.75, 3.05) is 0 Å². The van der Waals surface area contributed by atoms with Gasteiger partial charge in [0.2, 0.25) is 5.25 Å². The number of ether oxygens (including phenoxy) is 2. The molecule has 172 valence electrons. The van der Waals surface area contributed by atoms with E-state index in [0.717, 1.165) is 5.56 Å². The van der Waals surface area contributed by atoms with Gasteiger partial charge in [0.05, 0.1) is 11.1 Å². The van der Waals surface area contributed by atoms with Crippen LogP contribution in [0.2, 0.25) is 0 Å². The molecule has 4 aromatic carbocycles. The number of halogens is 1. The van der Waals surface area contributed by atoms with Crippen LogP contribution in [0.3, 0.4) is 0 Å². The van der Waals surface area contributed by atoms with Gasteiger partial charge in [-0.15, -0.1) is 0 Å². The summed E-state index contributed by atoms with van der Waals surface area (Å²) < 4.78 is 11.3. The SMILES string of the molecule is O=C(Oc1ccc(OC(=O)c2ccccc2)c2cc(CCC(O)(O)Cl)ccc12)c1ccccc1. The van der Waals surface area contributed by atoms with E-state index in [4.69, 9.17) is 21.1 Å². The van der Waals surface area contributed by atoms with Gasteiger partial charge < -0.3 is 19.7 Å². The topological polar surface area (TPSA) is 93.1 Å². The minimum atomic E-state index is -2.33. The molecule has 0 unspecified atom stereocenters. The highest BCUT2D eigenvalue weighted by atomic mass is 35.5. The zero-order valence-electron chi connectivity index (χ0n) is 18.0. The number of carbonyl (C=O) groups excluding carboxylic acids is 2. The van der Waals surface area contributed by atoms with Crippen LogP contribution in [-0.4, -0.2) is 27.4 Å². The summed E-state index contributed by atoms with van der Waals surface area (Å²) in [5, 5.41) is 17.6. The van der Waals surface area contributed by atoms with Crippen LogP contribution in [0.5, 0.6) is 11.5 Å². The minimum Gasteiger partial charge on any atom is -0.422 e. The molecule has 0 aliphatic carbocycles. The Kier molecular flexibility index (Phi) is 6.93. The number of aliphatic hydroxyl groups is 2. The highest BCUT2D eigenvalue weighted by Gasteiger charge is 2.20. The summed E-state index contributed by atoms with van der Waals surface area (Å²) in [6.07, 6.45) is 0.147. The van der Waals surface area contributed by atoms with Gasteiger partial charge in [-0.1, -0.05) is 60.1 Å². The summed E-state index contributed by atoms with van der Waals surface area (Å²) in [6.45, 7) is 0. The predicted octanol–water partition coefficient (Wildman–Crippen LogP) is 5.09. The van der Waals surface area contributed by atoms with Crippen LogP contribution in [0.25, 0.3) is 10.8 Å². The fourth-order valence-corrected chi connectivity index (χ4v) is 3.54. The van der Waals surface area contributed by atoms with E-state index in [0.29, 0.717) is 27.6 Å². The molecule has 0 heterocycles. The first-order valence-corrected chi connectivity index (χ1v) is 10.9. The molecule has 0 aliphatic heterocycles. The maximum absolute atomic E-state index is 12.7. The number of hydrogen-bond acceptors (Lipinski definition) is 6. The molecular weight excluding hydrogens is 456 g/mol. The lowest BCUT2D eigenvalue weighted by Gasteiger charge is -2.15. The molecule has 0 fully saturated rings. The van der Waals surface area contributed by atoms with Gasteiger partial charge in [-0.25, -0.2) is 9.59 Å². The first-order valence-electron chi connectivity index (χ1n) is 10.5. The summed E-state index contributed by atoms with van der Waals surface area (Å²) >= 11 is 5.49. The van der Waals surface area contributed by atoms with Crippen molar-refractivity contribution in [3.8, 4) is 11.5 Å². The van der Waals surface area contributed by atoms with Crippen LogP contribution in [0.1, 0.15) is 32.7 Å². The molecular formula is C27H21ClO6. The molecule has 0 aliphatic rings. The molecule has 6 nitrogen and oxygen atoms in total. The Morgan fingerprint density at radius 1 is 0.706 bits per heavy atom. The van der Waals surface area contributed by atoms with Gasteiger partial charge in [0.15, 0.2) is 0 Å². The van der Waals surface area contributed by atoms with E-state index in [2.05, 4.69) is 0 Å². The Balaban J connectivity index is 1.70. The predicted molar refractivity (Wildman–Crippen MR) is 128 cm³/mol. The minimum absolute atomic E-state index is 0.109.